The highest BCUT2D eigenvalue weighted by atomic mass is 35.5. The zero-order chi connectivity index (χ0) is 15.0. The molecule has 0 amide bonds. The predicted molar refractivity (Wildman–Crippen MR) is 85.4 cm³/mol. The van der Waals surface area contributed by atoms with Crippen molar-refractivity contribution in [2.75, 3.05) is 5.88 Å². The quantitative estimate of drug-likeness (QED) is 0.779. The van der Waals surface area contributed by atoms with Crippen molar-refractivity contribution in [2.45, 2.75) is 39.7 Å². The molecule has 3 nitrogen and oxygen atoms in total. The van der Waals surface area contributed by atoms with Gasteiger partial charge in [-0.05, 0) is 42.4 Å². The van der Waals surface area contributed by atoms with Gasteiger partial charge in [0.25, 0.3) is 0 Å². The molecular weight excluding hydrogens is 282 g/mol. The lowest BCUT2D eigenvalue weighted by molar-refractivity contribution is 0.309. The number of hydrogen-bond acceptors (Lipinski definition) is 2. The Morgan fingerprint density at radius 1 is 1.43 bits per heavy atom. The maximum absolute atomic E-state index is 9.13. The second kappa shape index (κ2) is 5.35. The molecule has 21 heavy (non-hydrogen) atoms. The molecule has 3 rings (SSSR count). The van der Waals surface area contributed by atoms with E-state index in [9.17, 15) is 0 Å². The first kappa shape index (κ1) is 14.4. The average molecular weight is 302 g/mol. The molecule has 0 N–H and O–H groups in total. The zero-order valence-corrected chi connectivity index (χ0v) is 13.3. The van der Waals surface area contributed by atoms with Gasteiger partial charge in [0.2, 0.25) is 0 Å². The fourth-order valence-electron chi connectivity index (χ4n) is 3.09. The van der Waals surface area contributed by atoms with Gasteiger partial charge in [-0.15, -0.1) is 11.6 Å². The Hall–Kier alpha value is -1.53. The van der Waals surface area contributed by atoms with Crippen LogP contribution in [0.1, 0.15) is 38.1 Å². The first-order chi connectivity index (χ1) is 10.1. The molecule has 2 aromatic rings. The number of fused-ring (bicyclic) bond motifs is 1. The van der Waals surface area contributed by atoms with E-state index in [-0.39, 0.29) is 0 Å². The number of hydrogen-bond donors (Lipinski definition) is 0. The lowest BCUT2D eigenvalue weighted by Gasteiger charge is -2.22. The van der Waals surface area contributed by atoms with Crippen LogP contribution in [0.2, 0.25) is 0 Å². The van der Waals surface area contributed by atoms with Crippen molar-refractivity contribution in [2.24, 2.45) is 11.3 Å². The molecule has 1 fully saturated rings. The third-order valence-corrected chi connectivity index (χ3v) is 5.05. The van der Waals surface area contributed by atoms with Crippen molar-refractivity contribution >= 4 is 22.6 Å². The largest absolute Gasteiger partial charge is 0.327 e. The summed E-state index contributed by atoms with van der Waals surface area (Å²) < 4.78 is 2.30. The zero-order valence-electron chi connectivity index (χ0n) is 12.6. The lowest BCUT2D eigenvalue weighted by Crippen LogP contribution is -2.19. The molecule has 0 radical (unpaired) electrons. The van der Waals surface area contributed by atoms with Gasteiger partial charge in [0.15, 0.2) is 0 Å². The predicted octanol–water partition coefficient (Wildman–Crippen LogP) is 4.13. The SMILES string of the molecule is CC(C)C1(Cn2c(CCCl)nc3ccc(C#N)cc32)CC1. The average Bonchev–Trinajstić information content (AvgIpc) is 3.19. The number of aryl methyl sites for hydroxylation is 1. The molecule has 0 spiro atoms. The number of aromatic nitrogens is 2. The fraction of sp³-hybridized carbons (Fsp3) is 0.529. The van der Waals surface area contributed by atoms with Crippen molar-refractivity contribution in [3.63, 3.8) is 0 Å². The van der Waals surface area contributed by atoms with E-state index in [1.54, 1.807) is 0 Å². The van der Waals surface area contributed by atoms with Crippen LogP contribution in [0.4, 0.5) is 0 Å². The van der Waals surface area contributed by atoms with Crippen LogP contribution in [0.5, 0.6) is 0 Å². The summed E-state index contributed by atoms with van der Waals surface area (Å²) in [5.41, 5.74) is 3.13. The topological polar surface area (TPSA) is 41.6 Å². The molecule has 1 heterocycles. The van der Waals surface area contributed by atoms with Gasteiger partial charge in [-0.3, -0.25) is 0 Å². The van der Waals surface area contributed by atoms with Crippen LogP contribution >= 0.6 is 11.6 Å². The molecule has 0 aliphatic heterocycles. The van der Waals surface area contributed by atoms with Crippen LogP contribution in [0.25, 0.3) is 11.0 Å². The van der Waals surface area contributed by atoms with Crippen molar-refractivity contribution < 1.29 is 0 Å². The van der Waals surface area contributed by atoms with Gasteiger partial charge in [0, 0.05) is 18.8 Å². The van der Waals surface area contributed by atoms with Gasteiger partial charge in [0.1, 0.15) is 5.82 Å². The molecule has 110 valence electrons. The van der Waals surface area contributed by atoms with Crippen LogP contribution in [-0.4, -0.2) is 15.4 Å². The second-order valence-corrected chi connectivity index (χ2v) is 6.76. The third kappa shape index (κ3) is 2.53. The monoisotopic (exact) mass is 301 g/mol. The minimum absolute atomic E-state index is 0.400. The summed E-state index contributed by atoms with van der Waals surface area (Å²) in [4.78, 5) is 4.72. The maximum Gasteiger partial charge on any atom is 0.111 e. The van der Waals surface area contributed by atoms with E-state index in [0.717, 1.165) is 29.8 Å². The van der Waals surface area contributed by atoms with E-state index in [0.29, 0.717) is 22.8 Å². The molecule has 1 aromatic heterocycles. The van der Waals surface area contributed by atoms with E-state index < -0.39 is 0 Å². The van der Waals surface area contributed by atoms with Gasteiger partial charge in [-0.2, -0.15) is 5.26 Å². The summed E-state index contributed by atoms with van der Waals surface area (Å²) in [7, 11) is 0. The van der Waals surface area contributed by atoms with E-state index >= 15 is 0 Å². The van der Waals surface area contributed by atoms with Crippen LogP contribution in [0, 0.1) is 22.7 Å². The van der Waals surface area contributed by atoms with Gasteiger partial charge < -0.3 is 4.57 Å². The van der Waals surface area contributed by atoms with E-state index in [1.807, 2.05) is 18.2 Å². The summed E-state index contributed by atoms with van der Waals surface area (Å²) >= 11 is 5.94. The minimum Gasteiger partial charge on any atom is -0.327 e. The molecule has 0 unspecified atom stereocenters. The van der Waals surface area contributed by atoms with Gasteiger partial charge in [-0.25, -0.2) is 4.98 Å². The van der Waals surface area contributed by atoms with Crippen LogP contribution in [0.3, 0.4) is 0 Å². The molecule has 1 saturated carbocycles. The normalized spacial score (nSPS) is 16.3. The van der Waals surface area contributed by atoms with Crippen LogP contribution in [0.15, 0.2) is 18.2 Å². The number of benzene rings is 1. The molecule has 4 heteroatoms. The Labute approximate surface area is 130 Å². The molecule has 0 atom stereocenters. The van der Waals surface area contributed by atoms with E-state index in [1.165, 1.54) is 12.8 Å². The Morgan fingerprint density at radius 2 is 2.19 bits per heavy atom. The third-order valence-electron chi connectivity index (χ3n) is 4.86. The Morgan fingerprint density at radius 3 is 2.76 bits per heavy atom. The fourth-order valence-corrected chi connectivity index (χ4v) is 3.26. The van der Waals surface area contributed by atoms with E-state index in [4.69, 9.17) is 21.8 Å². The molecule has 1 aliphatic carbocycles. The molecule has 1 aromatic carbocycles. The molecular formula is C17H20ClN3. The number of rotatable bonds is 5. The summed E-state index contributed by atoms with van der Waals surface area (Å²) in [5.74, 6) is 2.28. The standard InChI is InChI=1S/C17H20ClN3/c1-12(2)17(6-7-17)11-21-15-9-13(10-19)3-4-14(15)20-16(21)5-8-18/h3-4,9,12H,5-8,11H2,1-2H3. The molecule has 0 bridgehead atoms. The summed E-state index contributed by atoms with van der Waals surface area (Å²) in [6.07, 6.45) is 3.33. The first-order valence-electron chi connectivity index (χ1n) is 7.55. The number of alkyl halides is 1. The van der Waals surface area contributed by atoms with Crippen molar-refractivity contribution in [3.05, 3.63) is 29.6 Å². The van der Waals surface area contributed by atoms with E-state index in [2.05, 4.69) is 24.5 Å². The van der Waals surface area contributed by atoms with Gasteiger partial charge >= 0.3 is 0 Å². The van der Waals surface area contributed by atoms with Crippen LogP contribution < -0.4 is 0 Å². The minimum atomic E-state index is 0.400. The Balaban J connectivity index is 2.09. The number of nitrogens with zero attached hydrogens (tertiary/aromatic N) is 3. The highest BCUT2D eigenvalue weighted by Crippen LogP contribution is 2.53. The van der Waals surface area contributed by atoms with Gasteiger partial charge in [0.05, 0.1) is 22.7 Å². The lowest BCUT2D eigenvalue weighted by atomic mass is 9.92. The second-order valence-electron chi connectivity index (χ2n) is 6.39. The Bertz CT molecular complexity index is 705. The van der Waals surface area contributed by atoms with Gasteiger partial charge in [-0.1, -0.05) is 13.8 Å². The van der Waals surface area contributed by atoms with Crippen LogP contribution in [-0.2, 0) is 13.0 Å². The van der Waals surface area contributed by atoms with Crippen molar-refractivity contribution in [1.82, 2.24) is 9.55 Å². The number of imidazole rings is 1. The Kier molecular flexibility index (Phi) is 3.67. The number of nitriles is 1. The smallest absolute Gasteiger partial charge is 0.111 e. The van der Waals surface area contributed by atoms with Crippen molar-refractivity contribution in [1.29, 1.82) is 5.26 Å². The van der Waals surface area contributed by atoms with Crippen molar-refractivity contribution in [3.8, 4) is 6.07 Å². The molecule has 0 saturated heterocycles. The highest BCUT2D eigenvalue weighted by molar-refractivity contribution is 6.17. The number of halogens is 1. The summed E-state index contributed by atoms with van der Waals surface area (Å²) in [6, 6.07) is 7.95. The first-order valence-corrected chi connectivity index (χ1v) is 8.08. The summed E-state index contributed by atoms with van der Waals surface area (Å²) in [6.45, 7) is 5.59. The highest BCUT2D eigenvalue weighted by Gasteiger charge is 2.46. The maximum atomic E-state index is 9.13. The summed E-state index contributed by atoms with van der Waals surface area (Å²) in [5, 5.41) is 9.13. The molecule has 1 aliphatic rings.